The minimum absolute atomic E-state index is 0.193. The van der Waals surface area contributed by atoms with Crippen LogP contribution >= 0.6 is 24.0 Å². The third-order valence-electron chi connectivity index (χ3n) is 4.29. The summed E-state index contributed by atoms with van der Waals surface area (Å²) in [6.07, 6.45) is 5.01. The molecule has 1 heterocycles. The van der Waals surface area contributed by atoms with Crippen molar-refractivity contribution in [2.45, 2.75) is 56.5 Å². The van der Waals surface area contributed by atoms with E-state index in [1.165, 1.54) is 6.42 Å². The van der Waals surface area contributed by atoms with Crippen LogP contribution in [0.25, 0.3) is 0 Å². The molecule has 0 aromatic carbocycles. The molecule has 5 heteroatoms. The fourth-order valence-corrected chi connectivity index (χ4v) is 4.98. The number of amides is 1. The molecule has 3 nitrogen and oxygen atoms in total. The number of thiocarbonyl (C=S) groups is 1. The van der Waals surface area contributed by atoms with Crippen LogP contribution in [0.4, 0.5) is 0 Å². The zero-order chi connectivity index (χ0) is 14.0. The second-order valence-electron chi connectivity index (χ2n) is 5.97. The van der Waals surface area contributed by atoms with Crippen molar-refractivity contribution in [1.29, 1.82) is 0 Å². The number of nitrogens with two attached hydrogens (primary N) is 1. The van der Waals surface area contributed by atoms with Gasteiger partial charge in [-0.3, -0.25) is 4.79 Å². The van der Waals surface area contributed by atoms with E-state index in [9.17, 15) is 4.79 Å². The van der Waals surface area contributed by atoms with E-state index in [-0.39, 0.29) is 5.91 Å². The number of rotatable bonds is 2. The first-order valence-corrected chi connectivity index (χ1v) is 8.55. The minimum atomic E-state index is -0.547. The quantitative estimate of drug-likeness (QED) is 0.796. The average Bonchev–Trinajstić information content (AvgIpc) is 2.37. The van der Waals surface area contributed by atoms with Gasteiger partial charge in [0.05, 0.1) is 10.4 Å². The zero-order valence-corrected chi connectivity index (χ0v) is 13.5. The van der Waals surface area contributed by atoms with Crippen LogP contribution in [0.2, 0.25) is 0 Å². The van der Waals surface area contributed by atoms with Gasteiger partial charge in [0.25, 0.3) is 0 Å². The first-order valence-electron chi connectivity index (χ1n) is 7.20. The lowest BCUT2D eigenvalue weighted by Crippen LogP contribution is -2.55. The van der Waals surface area contributed by atoms with Gasteiger partial charge in [0.15, 0.2) is 0 Å². The van der Waals surface area contributed by atoms with E-state index in [1.54, 1.807) is 0 Å². The topological polar surface area (TPSA) is 46.3 Å². The van der Waals surface area contributed by atoms with Gasteiger partial charge in [-0.25, -0.2) is 0 Å². The molecule has 1 saturated heterocycles. The molecular weight excluding hydrogens is 276 g/mol. The van der Waals surface area contributed by atoms with E-state index in [0.29, 0.717) is 15.5 Å². The monoisotopic (exact) mass is 300 g/mol. The highest BCUT2D eigenvalue weighted by Crippen LogP contribution is 2.39. The van der Waals surface area contributed by atoms with Crippen molar-refractivity contribution in [2.75, 3.05) is 13.1 Å². The summed E-state index contributed by atoms with van der Waals surface area (Å²) in [6, 6.07) is 0. The first-order chi connectivity index (χ1) is 8.95. The Hall–Kier alpha value is -0.290. The molecule has 0 spiro atoms. The highest BCUT2D eigenvalue weighted by molar-refractivity contribution is 8.00. The first kappa shape index (κ1) is 15.1. The molecule has 2 fully saturated rings. The molecule has 1 saturated carbocycles. The Morgan fingerprint density at radius 1 is 1.21 bits per heavy atom. The summed E-state index contributed by atoms with van der Waals surface area (Å²) in [5, 5.41) is 0.999. The highest BCUT2D eigenvalue weighted by Gasteiger charge is 2.45. The van der Waals surface area contributed by atoms with Crippen LogP contribution in [0.15, 0.2) is 0 Å². The molecule has 0 aromatic rings. The molecule has 1 aliphatic carbocycles. The third kappa shape index (κ3) is 3.07. The van der Waals surface area contributed by atoms with Gasteiger partial charge in [-0.1, -0.05) is 45.3 Å². The van der Waals surface area contributed by atoms with Crippen molar-refractivity contribution in [3.63, 3.8) is 0 Å². The van der Waals surface area contributed by atoms with Gasteiger partial charge < -0.3 is 10.6 Å². The van der Waals surface area contributed by atoms with Crippen LogP contribution in [-0.4, -0.2) is 39.4 Å². The normalized spacial score (nSPS) is 30.9. The second kappa shape index (κ2) is 6.00. The van der Waals surface area contributed by atoms with Gasteiger partial charge in [-0.05, 0) is 12.8 Å². The maximum absolute atomic E-state index is 13.0. The van der Waals surface area contributed by atoms with Gasteiger partial charge in [0, 0.05) is 23.6 Å². The Labute approximate surface area is 125 Å². The summed E-state index contributed by atoms with van der Waals surface area (Å²) in [6.45, 7) is 6.04. The van der Waals surface area contributed by atoms with Crippen LogP contribution in [0.1, 0.15) is 46.0 Å². The highest BCUT2D eigenvalue weighted by atomic mass is 32.2. The molecular formula is C14H24N2OS2. The van der Waals surface area contributed by atoms with Crippen molar-refractivity contribution < 1.29 is 4.79 Å². The molecule has 0 bridgehead atoms. The van der Waals surface area contributed by atoms with Crippen molar-refractivity contribution in [1.82, 2.24) is 4.90 Å². The van der Waals surface area contributed by atoms with Crippen molar-refractivity contribution in [3.8, 4) is 0 Å². The molecule has 2 unspecified atom stereocenters. The van der Waals surface area contributed by atoms with Gasteiger partial charge >= 0.3 is 0 Å². The largest absolute Gasteiger partial charge is 0.392 e. The lowest BCUT2D eigenvalue weighted by atomic mass is 9.72. The van der Waals surface area contributed by atoms with E-state index in [0.717, 1.165) is 38.8 Å². The summed E-state index contributed by atoms with van der Waals surface area (Å²) < 4.78 is 0. The maximum atomic E-state index is 13.0. The molecule has 2 aliphatic rings. The zero-order valence-electron chi connectivity index (χ0n) is 11.9. The predicted molar refractivity (Wildman–Crippen MR) is 85.4 cm³/mol. The maximum Gasteiger partial charge on any atom is 0.235 e. The summed E-state index contributed by atoms with van der Waals surface area (Å²) in [5.41, 5.74) is 5.41. The Bertz CT molecular complexity index is 356. The molecule has 2 rings (SSSR count). The molecule has 2 atom stereocenters. The van der Waals surface area contributed by atoms with Crippen molar-refractivity contribution in [2.24, 2.45) is 11.1 Å². The predicted octanol–water partition coefficient (Wildman–Crippen LogP) is 2.58. The molecule has 108 valence electrons. The van der Waals surface area contributed by atoms with Gasteiger partial charge in [0.2, 0.25) is 5.91 Å². The standard InChI is InChI=1S/C14H24N2OS2/c1-10-8-16(9-11(2)19-10)13(17)14(12(15)18)6-4-3-5-7-14/h10-11H,3-9H2,1-2H3,(H2,15,18). The number of nitrogens with zero attached hydrogens (tertiary/aromatic N) is 1. The van der Waals surface area contributed by atoms with E-state index in [4.69, 9.17) is 18.0 Å². The fourth-order valence-electron chi connectivity index (χ4n) is 3.37. The van der Waals surface area contributed by atoms with E-state index >= 15 is 0 Å². The molecule has 19 heavy (non-hydrogen) atoms. The summed E-state index contributed by atoms with van der Waals surface area (Å²) in [4.78, 5) is 15.4. The molecule has 1 aliphatic heterocycles. The van der Waals surface area contributed by atoms with Crippen LogP contribution in [0.5, 0.6) is 0 Å². The average molecular weight is 300 g/mol. The second-order valence-corrected chi connectivity index (χ2v) is 8.30. The number of carbonyl (C=O) groups excluding carboxylic acids is 1. The van der Waals surface area contributed by atoms with Crippen molar-refractivity contribution in [3.05, 3.63) is 0 Å². The van der Waals surface area contributed by atoms with E-state index in [1.807, 2.05) is 16.7 Å². The Morgan fingerprint density at radius 2 is 1.74 bits per heavy atom. The third-order valence-corrected chi connectivity index (χ3v) is 5.91. The number of hydrogen-bond donors (Lipinski definition) is 1. The number of thioether (sulfide) groups is 1. The smallest absolute Gasteiger partial charge is 0.235 e. The van der Waals surface area contributed by atoms with Crippen LogP contribution in [0, 0.1) is 5.41 Å². The van der Waals surface area contributed by atoms with Crippen LogP contribution < -0.4 is 5.73 Å². The molecule has 2 N–H and O–H groups in total. The van der Waals surface area contributed by atoms with Crippen LogP contribution in [0.3, 0.4) is 0 Å². The van der Waals surface area contributed by atoms with Crippen molar-refractivity contribution >= 4 is 34.9 Å². The minimum Gasteiger partial charge on any atom is -0.392 e. The number of hydrogen-bond acceptors (Lipinski definition) is 3. The van der Waals surface area contributed by atoms with E-state index in [2.05, 4.69) is 13.8 Å². The fraction of sp³-hybridized carbons (Fsp3) is 0.857. The van der Waals surface area contributed by atoms with E-state index < -0.39 is 5.41 Å². The van der Waals surface area contributed by atoms with Gasteiger partial charge in [-0.15, -0.1) is 0 Å². The number of carbonyl (C=O) groups is 1. The van der Waals surface area contributed by atoms with Gasteiger partial charge in [-0.2, -0.15) is 11.8 Å². The molecule has 1 amide bonds. The summed E-state index contributed by atoms with van der Waals surface area (Å²) in [7, 11) is 0. The van der Waals surface area contributed by atoms with Crippen LogP contribution in [-0.2, 0) is 4.79 Å². The SMILES string of the molecule is CC1CN(C(=O)C2(C(N)=S)CCCCC2)CC(C)S1. The summed E-state index contributed by atoms with van der Waals surface area (Å²) >= 11 is 7.22. The lowest BCUT2D eigenvalue weighted by Gasteiger charge is -2.42. The Kier molecular flexibility index (Phi) is 4.77. The molecule has 0 aromatic heterocycles. The molecule has 0 radical (unpaired) electrons. The Balaban J connectivity index is 2.17. The lowest BCUT2D eigenvalue weighted by molar-refractivity contribution is -0.139. The Morgan fingerprint density at radius 3 is 2.21 bits per heavy atom. The summed E-state index contributed by atoms with van der Waals surface area (Å²) in [5.74, 6) is 0.193. The van der Waals surface area contributed by atoms with Gasteiger partial charge in [0.1, 0.15) is 0 Å².